The molecule has 1 aliphatic rings. The number of sulfonamides is 1. The topological polar surface area (TPSA) is 101 Å². The first kappa shape index (κ1) is 19.9. The second kappa shape index (κ2) is 7.84. The maximum Gasteiger partial charge on any atom is 0.221 e. The Bertz CT molecular complexity index is 806. The number of benzene rings is 1. The molecule has 1 amide bonds. The van der Waals surface area contributed by atoms with E-state index in [0.29, 0.717) is 6.42 Å². The molecule has 0 radical (unpaired) electrons. The Morgan fingerprint density at radius 1 is 1.32 bits per heavy atom. The number of amides is 1. The highest BCUT2D eigenvalue weighted by Gasteiger charge is 2.30. The summed E-state index contributed by atoms with van der Waals surface area (Å²) in [5, 5.41) is 2.68. The zero-order chi connectivity index (χ0) is 18.7. The minimum absolute atomic E-state index is 0.0131. The molecule has 1 aliphatic heterocycles. The van der Waals surface area contributed by atoms with Crippen LogP contribution < -0.4 is 5.32 Å². The van der Waals surface area contributed by atoms with Crippen LogP contribution in [0.25, 0.3) is 0 Å². The monoisotopic (exact) mass is 388 g/mol. The minimum Gasteiger partial charge on any atom is -0.352 e. The average Bonchev–Trinajstić information content (AvgIpc) is 2.85. The molecular formula is C16H24N2O5S2. The lowest BCUT2D eigenvalue weighted by molar-refractivity contribution is -0.121. The predicted molar refractivity (Wildman–Crippen MR) is 96.2 cm³/mol. The van der Waals surface area contributed by atoms with Crippen molar-refractivity contribution in [1.82, 2.24) is 9.62 Å². The van der Waals surface area contributed by atoms with Gasteiger partial charge in [0.2, 0.25) is 15.9 Å². The largest absolute Gasteiger partial charge is 0.352 e. The molecule has 0 saturated carbocycles. The highest BCUT2D eigenvalue weighted by Crippen LogP contribution is 2.22. The van der Waals surface area contributed by atoms with E-state index in [9.17, 15) is 21.6 Å². The van der Waals surface area contributed by atoms with E-state index in [1.807, 2.05) is 30.3 Å². The third-order valence-corrected chi connectivity index (χ3v) is 7.42. The van der Waals surface area contributed by atoms with Crippen molar-refractivity contribution in [3.8, 4) is 0 Å². The average molecular weight is 389 g/mol. The summed E-state index contributed by atoms with van der Waals surface area (Å²) in [5.74, 6) is -0.302. The molecule has 1 N–H and O–H groups in total. The maximum atomic E-state index is 12.1. The van der Waals surface area contributed by atoms with Gasteiger partial charge in [0.15, 0.2) is 9.84 Å². The Morgan fingerprint density at radius 2 is 1.96 bits per heavy atom. The second-order valence-corrected chi connectivity index (χ2v) is 10.5. The summed E-state index contributed by atoms with van der Waals surface area (Å²) < 4.78 is 48.3. The van der Waals surface area contributed by atoms with Crippen molar-refractivity contribution in [1.29, 1.82) is 0 Å². The molecule has 9 heteroatoms. The minimum atomic E-state index is -3.50. The van der Waals surface area contributed by atoms with Gasteiger partial charge in [0.1, 0.15) is 0 Å². The Morgan fingerprint density at radius 3 is 2.48 bits per heavy atom. The van der Waals surface area contributed by atoms with Crippen molar-refractivity contribution < 1.29 is 21.6 Å². The molecule has 1 heterocycles. The van der Waals surface area contributed by atoms with E-state index in [1.54, 1.807) is 6.92 Å². The molecule has 2 rings (SSSR count). The molecule has 1 fully saturated rings. The molecule has 2 unspecified atom stereocenters. The Balaban J connectivity index is 1.98. The molecule has 0 bridgehead atoms. The van der Waals surface area contributed by atoms with Gasteiger partial charge in [0.05, 0.1) is 17.8 Å². The standard InChI is InChI=1S/C16H24N2O5S2/c1-13(14-6-4-3-5-7-14)18(24(2,20)21)10-8-16(19)17-15-9-11-25(22,23)12-15/h3-7,13,15H,8-12H2,1-2H3,(H,17,19). The Hall–Kier alpha value is -1.45. The van der Waals surface area contributed by atoms with E-state index >= 15 is 0 Å². The lowest BCUT2D eigenvalue weighted by Gasteiger charge is -2.27. The molecule has 7 nitrogen and oxygen atoms in total. The highest BCUT2D eigenvalue weighted by atomic mass is 32.2. The van der Waals surface area contributed by atoms with Gasteiger partial charge in [-0.1, -0.05) is 30.3 Å². The number of rotatable bonds is 7. The van der Waals surface area contributed by atoms with Crippen molar-refractivity contribution in [2.45, 2.75) is 31.8 Å². The van der Waals surface area contributed by atoms with Crippen LogP contribution in [-0.2, 0) is 24.7 Å². The highest BCUT2D eigenvalue weighted by molar-refractivity contribution is 7.91. The van der Waals surface area contributed by atoms with Gasteiger partial charge in [-0.05, 0) is 18.9 Å². The Kier molecular flexibility index (Phi) is 6.23. The van der Waals surface area contributed by atoms with Crippen LogP contribution in [0.4, 0.5) is 0 Å². The first-order valence-corrected chi connectivity index (χ1v) is 11.8. The van der Waals surface area contributed by atoms with Gasteiger partial charge < -0.3 is 5.32 Å². The second-order valence-electron chi connectivity index (χ2n) is 6.38. The molecular weight excluding hydrogens is 364 g/mol. The van der Waals surface area contributed by atoms with Crippen LogP contribution in [0, 0.1) is 0 Å². The number of carbonyl (C=O) groups is 1. The summed E-state index contributed by atoms with van der Waals surface area (Å²) >= 11 is 0. The van der Waals surface area contributed by atoms with Gasteiger partial charge >= 0.3 is 0 Å². The molecule has 25 heavy (non-hydrogen) atoms. The quantitative estimate of drug-likeness (QED) is 0.741. The molecule has 140 valence electrons. The molecule has 0 aromatic heterocycles. The van der Waals surface area contributed by atoms with Gasteiger partial charge in [-0.15, -0.1) is 0 Å². The van der Waals surface area contributed by atoms with E-state index in [-0.39, 0.29) is 36.4 Å². The predicted octanol–water partition coefficient (Wildman–Crippen LogP) is 0.703. The van der Waals surface area contributed by atoms with E-state index in [2.05, 4.69) is 5.32 Å². The van der Waals surface area contributed by atoms with Crippen LogP contribution in [0.1, 0.15) is 31.4 Å². The number of hydrogen-bond donors (Lipinski definition) is 1. The maximum absolute atomic E-state index is 12.1. The summed E-state index contributed by atoms with van der Waals surface area (Å²) in [6.07, 6.45) is 1.51. The van der Waals surface area contributed by atoms with Gasteiger partial charge in [-0.2, -0.15) is 4.31 Å². The summed E-state index contributed by atoms with van der Waals surface area (Å²) in [6.45, 7) is 1.82. The van der Waals surface area contributed by atoms with E-state index in [4.69, 9.17) is 0 Å². The summed E-state index contributed by atoms with van der Waals surface area (Å²) in [4.78, 5) is 12.1. The van der Waals surface area contributed by atoms with Crippen LogP contribution in [0.15, 0.2) is 30.3 Å². The molecule has 2 atom stereocenters. The third-order valence-electron chi connectivity index (χ3n) is 4.30. The lowest BCUT2D eigenvalue weighted by atomic mass is 10.1. The van der Waals surface area contributed by atoms with Crippen molar-refractivity contribution in [2.75, 3.05) is 24.3 Å². The van der Waals surface area contributed by atoms with Crippen molar-refractivity contribution in [3.63, 3.8) is 0 Å². The van der Waals surface area contributed by atoms with E-state index in [0.717, 1.165) is 11.8 Å². The fourth-order valence-electron chi connectivity index (χ4n) is 2.96. The number of carbonyl (C=O) groups excluding carboxylic acids is 1. The fraction of sp³-hybridized carbons (Fsp3) is 0.562. The first-order valence-electron chi connectivity index (χ1n) is 8.10. The van der Waals surface area contributed by atoms with Crippen LogP contribution in [0.5, 0.6) is 0 Å². The van der Waals surface area contributed by atoms with Gasteiger partial charge in [0, 0.05) is 25.0 Å². The van der Waals surface area contributed by atoms with Crippen LogP contribution in [0.2, 0.25) is 0 Å². The molecule has 1 aromatic rings. The summed E-state index contributed by atoms with van der Waals surface area (Å²) in [5.41, 5.74) is 0.843. The number of sulfone groups is 1. The lowest BCUT2D eigenvalue weighted by Crippen LogP contribution is -2.39. The third kappa shape index (κ3) is 5.79. The zero-order valence-electron chi connectivity index (χ0n) is 14.4. The number of hydrogen-bond acceptors (Lipinski definition) is 5. The molecule has 1 saturated heterocycles. The SMILES string of the molecule is CC(c1ccccc1)N(CCC(=O)NC1CCS(=O)(=O)C1)S(C)(=O)=O. The van der Waals surface area contributed by atoms with Gasteiger partial charge in [0.25, 0.3) is 0 Å². The molecule has 0 spiro atoms. The van der Waals surface area contributed by atoms with E-state index in [1.165, 1.54) is 4.31 Å². The fourth-order valence-corrected chi connectivity index (χ4v) is 5.76. The van der Waals surface area contributed by atoms with Crippen molar-refractivity contribution in [3.05, 3.63) is 35.9 Å². The summed E-state index contributed by atoms with van der Waals surface area (Å²) in [7, 11) is -6.56. The molecule has 0 aliphatic carbocycles. The van der Waals surface area contributed by atoms with Crippen LogP contribution in [0.3, 0.4) is 0 Å². The van der Waals surface area contributed by atoms with E-state index < -0.39 is 25.9 Å². The van der Waals surface area contributed by atoms with Crippen LogP contribution >= 0.6 is 0 Å². The van der Waals surface area contributed by atoms with Crippen molar-refractivity contribution in [2.24, 2.45) is 0 Å². The number of nitrogens with one attached hydrogen (secondary N) is 1. The molecule has 1 aromatic carbocycles. The first-order chi connectivity index (χ1) is 11.6. The normalized spacial score (nSPS) is 21.2. The van der Waals surface area contributed by atoms with Gasteiger partial charge in [-0.25, -0.2) is 16.8 Å². The Labute approximate surface area is 149 Å². The van der Waals surface area contributed by atoms with Crippen molar-refractivity contribution >= 4 is 25.8 Å². The van der Waals surface area contributed by atoms with Gasteiger partial charge in [-0.3, -0.25) is 4.79 Å². The smallest absolute Gasteiger partial charge is 0.221 e. The number of nitrogens with zero attached hydrogens (tertiary/aromatic N) is 1. The van der Waals surface area contributed by atoms with Crippen LogP contribution in [-0.4, -0.2) is 57.4 Å². The summed E-state index contributed by atoms with van der Waals surface area (Å²) in [6, 6.07) is 8.42. The zero-order valence-corrected chi connectivity index (χ0v) is 16.0.